The number of nitrogens with zero attached hydrogens (tertiary/aromatic N) is 1. The molecule has 5 heteroatoms. The maximum Gasteiger partial charge on any atom is 0.338 e. The van der Waals surface area contributed by atoms with Crippen LogP contribution in [0.4, 0.5) is 5.69 Å². The number of amides is 1. The molecule has 5 nitrogen and oxygen atoms in total. The van der Waals surface area contributed by atoms with Gasteiger partial charge in [0, 0.05) is 22.4 Å². The lowest BCUT2D eigenvalue weighted by molar-refractivity contribution is 0.0526. The smallest absolute Gasteiger partial charge is 0.338 e. The van der Waals surface area contributed by atoms with Crippen LogP contribution in [0, 0.1) is 0 Å². The van der Waals surface area contributed by atoms with Crippen LogP contribution >= 0.6 is 0 Å². The van der Waals surface area contributed by atoms with Crippen molar-refractivity contribution in [3.63, 3.8) is 0 Å². The fourth-order valence-corrected chi connectivity index (χ4v) is 3.58. The SMILES string of the molecule is CCOC(=O)c1ccc(N2C(=O)c3ccccc3C2(O)c2ccccc2)cc1. The Balaban J connectivity index is 1.84. The van der Waals surface area contributed by atoms with Crippen LogP contribution < -0.4 is 4.90 Å². The molecule has 4 rings (SSSR count). The average molecular weight is 373 g/mol. The summed E-state index contributed by atoms with van der Waals surface area (Å²) >= 11 is 0. The molecule has 0 saturated heterocycles. The third kappa shape index (κ3) is 2.68. The third-order valence-corrected chi connectivity index (χ3v) is 4.87. The number of hydrogen-bond donors (Lipinski definition) is 1. The number of hydrogen-bond acceptors (Lipinski definition) is 4. The summed E-state index contributed by atoms with van der Waals surface area (Å²) in [4.78, 5) is 26.5. The van der Waals surface area contributed by atoms with E-state index in [4.69, 9.17) is 4.74 Å². The van der Waals surface area contributed by atoms with Gasteiger partial charge in [0.2, 0.25) is 0 Å². The minimum absolute atomic E-state index is 0.286. The summed E-state index contributed by atoms with van der Waals surface area (Å²) in [6, 6.07) is 22.6. The zero-order chi connectivity index (χ0) is 19.7. The van der Waals surface area contributed by atoms with Crippen LogP contribution in [0.3, 0.4) is 0 Å². The van der Waals surface area contributed by atoms with E-state index in [0.29, 0.717) is 27.9 Å². The number of esters is 1. The predicted octanol–water partition coefficient (Wildman–Crippen LogP) is 3.72. The van der Waals surface area contributed by atoms with Crippen molar-refractivity contribution in [2.45, 2.75) is 12.6 Å². The first-order valence-electron chi connectivity index (χ1n) is 9.06. The fraction of sp³-hybridized carbons (Fsp3) is 0.130. The summed E-state index contributed by atoms with van der Waals surface area (Å²) in [5.41, 5.74) is 0.797. The lowest BCUT2D eigenvalue weighted by Crippen LogP contribution is -2.45. The summed E-state index contributed by atoms with van der Waals surface area (Å²) in [7, 11) is 0. The van der Waals surface area contributed by atoms with Gasteiger partial charge in [0.05, 0.1) is 12.2 Å². The standard InChI is InChI=1S/C23H19NO4/c1-2-28-22(26)16-12-14-18(15-13-16)24-21(25)19-10-6-7-11-20(19)23(24,27)17-8-4-3-5-9-17/h3-15,27H,2H2,1H3. The number of ether oxygens (including phenoxy) is 1. The first-order valence-corrected chi connectivity index (χ1v) is 9.06. The Labute approximate surface area is 162 Å². The summed E-state index contributed by atoms with van der Waals surface area (Å²) in [5.74, 6) is -0.728. The van der Waals surface area contributed by atoms with Crippen molar-refractivity contribution in [1.82, 2.24) is 0 Å². The molecule has 28 heavy (non-hydrogen) atoms. The van der Waals surface area contributed by atoms with Crippen LogP contribution in [0.25, 0.3) is 0 Å². The first kappa shape index (κ1) is 17.9. The van der Waals surface area contributed by atoms with Crippen molar-refractivity contribution < 1.29 is 19.4 Å². The largest absolute Gasteiger partial charge is 0.462 e. The zero-order valence-corrected chi connectivity index (χ0v) is 15.3. The summed E-state index contributed by atoms with van der Waals surface area (Å²) in [5, 5.41) is 11.8. The van der Waals surface area contributed by atoms with Gasteiger partial charge in [0.15, 0.2) is 5.72 Å². The lowest BCUT2D eigenvalue weighted by Gasteiger charge is -2.35. The first-order chi connectivity index (χ1) is 13.6. The van der Waals surface area contributed by atoms with E-state index >= 15 is 0 Å². The minimum atomic E-state index is -1.64. The highest BCUT2D eigenvalue weighted by atomic mass is 16.5. The normalized spacial score (nSPS) is 18.1. The second-order valence-corrected chi connectivity index (χ2v) is 6.49. The molecule has 1 aliphatic heterocycles. The Bertz CT molecular complexity index is 1030. The molecule has 0 bridgehead atoms. The second-order valence-electron chi connectivity index (χ2n) is 6.49. The van der Waals surface area contributed by atoms with E-state index in [2.05, 4.69) is 0 Å². The van der Waals surface area contributed by atoms with Gasteiger partial charge in [-0.05, 0) is 37.3 Å². The maximum atomic E-state index is 13.2. The Morgan fingerprint density at radius 2 is 1.61 bits per heavy atom. The Kier molecular flexibility index (Phi) is 4.45. The highest BCUT2D eigenvalue weighted by Gasteiger charge is 2.50. The summed E-state index contributed by atoms with van der Waals surface area (Å²) < 4.78 is 5.01. The molecule has 0 aromatic heterocycles. The molecule has 1 unspecified atom stereocenters. The molecule has 0 radical (unpaired) electrons. The molecule has 0 fully saturated rings. The van der Waals surface area contributed by atoms with Crippen LogP contribution in [-0.2, 0) is 10.5 Å². The number of carbonyl (C=O) groups is 2. The van der Waals surface area contributed by atoms with E-state index < -0.39 is 11.7 Å². The van der Waals surface area contributed by atoms with Crippen LogP contribution in [-0.4, -0.2) is 23.6 Å². The van der Waals surface area contributed by atoms with Crippen LogP contribution in [0.1, 0.15) is 38.8 Å². The second kappa shape index (κ2) is 6.94. The Hall–Kier alpha value is -3.44. The Morgan fingerprint density at radius 3 is 2.29 bits per heavy atom. The molecule has 0 saturated carbocycles. The van der Waals surface area contributed by atoms with Gasteiger partial charge >= 0.3 is 5.97 Å². The monoisotopic (exact) mass is 373 g/mol. The lowest BCUT2D eigenvalue weighted by atomic mass is 9.93. The van der Waals surface area contributed by atoms with Crippen molar-refractivity contribution in [1.29, 1.82) is 0 Å². The van der Waals surface area contributed by atoms with Gasteiger partial charge in [-0.15, -0.1) is 0 Å². The fourth-order valence-electron chi connectivity index (χ4n) is 3.58. The van der Waals surface area contributed by atoms with Crippen LogP contribution in [0.15, 0.2) is 78.9 Å². The molecular weight excluding hydrogens is 354 g/mol. The molecule has 3 aromatic rings. The molecule has 1 aliphatic rings. The van der Waals surface area contributed by atoms with Gasteiger partial charge in [0.25, 0.3) is 5.91 Å². The van der Waals surface area contributed by atoms with E-state index in [1.165, 1.54) is 4.90 Å². The Morgan fingerprint density at radius 1 is 0.964 bits per heavy atom. The van der Waals surface area contributed by atoms with E-state index in [1.54, 1.807) is 67.6 Å². The van der Waals surface area contributed by atoms with E-state index in [9.17, 15) is 14.7 Å². The van der Waals surface area contributed by atoms with Crippen LogP contribution in [0.5, 0.6) is 0 Å². The van der Waals surface area contributed by atoms with Crippen molar-refractivity contribution in [3.05, 3.63) is 101 Å². The average Bonchev–Trinajstić information content (AvgIpc) is 2.97. The number of rotatable bonds is 4. The topological polar surface area (TPSA) is 66.8 Å². The molecule has 140 valence electrons. The number of benzene rings is 3. The molecule has 0 aliphatic carbocycles. The van der Waals surface area contributed by atoms with Gasteiger partial charge in [-0.2, -0.15) is 0 Å². The van der Waals surface area contributed by atoms with Gasteiger partial charge in [-0.25, -0.2) is 4.79 Å². The van der Waals surface area contributed by atoms with Crippen molar-refractivity contribution in [3.8, 4) is 0 Å². The molecule has 0 spiro atoms. The molecule has 1 heterocycles. The number of aliphatic hydroxyl groups is 1. The zero-order valence-electron chi connectivity index (χ0n) is 15.3. The van der Waals surface area contributed by atoms with E-state index in [0.717, 1.165) is 0 Å². The van der Waals surface area contributed by atoms with Gasteiger partial charge in [-0.1, -0.05) is 48.5 Å². The molecule has 1 N–H and O–H groups in total. The van der Waals surface area contributed by atoms with E-state index in [-0.39, 0.29) is 12.5 Å². The summed E-state index contributed by atoms with van der Waals surface area (Å²) in [6.45, 7) is 2.03. The minimum Gasteiger partial charge on any atom is -0.462 e. The van der Waals surface area contributed by atoms with Crippen LogP contribution in [0.2, 0.25) is 0 Å². The van der Waals surface area contributed by atoms with Gasteiger partial charge < -0.3 is 9.84 Å². The van der Waals surface area contributed by atoms with E-state index in [1.807, 2.05) is 18.2 Å². The third-order valence-electron chi connectivity index (χ3n) is 4.87. The highest BCUT2D eigenvalue weighted by Crippen LogP contribution is 2.44. The van der Waals surface area contributed by atoms with Crippen molar-refractivity contribution >= 4 is 17.6 Å². The molecular formula is C23H19NO4. The van der Waals surface area contributed by atoms with Crippen molar-refractivity contribution in [2.24, 2.45) is 0 Å². The maximum absolute atomic E-state index is 13.2. The van der Waals surface area contributed by atoms with Crippen molar-refractivity contribution in [2.75, 3.05) is 11.5 Å². The van der Waals surface area contributed by atoms with Gasteiger partial charge in [-0.3, -0.25) is 9.69 Å². The number of carbonyl (C=O) groups excluding carboxylic acids is 2. The predicted molar refractivity (Wildman–Crippen MR) is 105 cm³/mol. The molecule has 1 atom stereocenters. The molecule has 3 aromatic carbocycles. The molecule has 1 amide bonds. The summed E-state index contributed by atoms with van der Waals surface area (Å²) in [6.07, 6.45) is 0. The number of anilines is 1. The quantitative estimate of drug-likeness (QED) is 0.708. The number of fused-ring (bicyclic) bond motifs is 1. The van der Waals surface area contributed by atoms with Gasteiger partial charge in [0.1, 0.15) is 0 Å². The highest BCUT2D eigenvalue weighted by molar-refractivity contribution is 6.12.